The van der Waals surface area contributed by atoms with Crippen LogP contribution in [0.25, 0.3) is 0 Å². The molecule has 2 rings (SSSR count). The van der Waals surface area contributed by atoms with Gasteiger partial charge in [-0.3, -0.25) is 0 Å². The van der Waals surface area contributed by atoms with Crippen LogP contribution in [-0.2, 0) is 10.1 Å². The van der Waals surface area contributed by atoms with E-state index in [1.165, 1.54) is 36.4 Å². The Morgan fingerprint density at radius 3 is 2.33 bits per heavy atom. The molecule has 0 atom stereocenters. The van der Waals surface area contributed by atoms with Crippen LogP contribution in [0.1, 0.15) is 5.56 Å². The summed E-state index contributed by atoms with van der Waals surface area (Å²) in [5.41, 5.74) is 0.283. The molecule has 0 fully saturated rings. The summed E-state index contributed by atoms with van der Waals surface area (Å²) in [7, 11) is -4.19. The SMILES string of the molecule is N#Cc1ccc(OS(=O)(=O)c2cc(Cl)ccc2Cl)c(Cl)c1. The zero-order valence-electron chi connectivity index (χ0n) is 10.2. The lowest BCUT2D eigenvalue weighted by atomic mass is 10.2. The van der Waals surface area contributed by atoms with E-state index in [4.69, 9.17) is 44.2 Å². The fourth-order valence-electron chi connectivity index (χ4n) is 1.47. The molecule has 0 spiro atoms. The Morgan fingerprint density at radius 2 is 1.71 bits per heavy atom. The summed E-state index contributed by atoms with van der Waals surface area (Å²) in [6, 6.07) is 9.83. The first-order chi connectivity index (χ1) is 9.83. The van der Waals surface area contributed by atoms with Crippen molar-refractivity contribution in [1.29, 1.82) is 5.26 Å². The fraction of sp³-hybridized carbons (Fsp3) is 0. The van der Waals surface area contributed by atoms with Crippen molar-refractivity contribution in [3.8, 4) is 11.8 Å². The van der Waals surface area contributed by atoms with Gasteiger partial charge in [-0.05, 0) is 36.4 Å². The van der Waals surface area contributed by atoms with Gasteiger partial charge in [0.15, 0.2) is 5.75 Å². The van der Waals surface area contributed by atoms with Crippen LogP contribution in [0.4, 0.5) is 0 Å². The minimum Gasteiger partial charge on any atom is -0.377 e. The Balaban J connectivity index is 2.43. The van der Waals surface area contributed by atoms with Crippen LogP contribution in [0.2, 0.25) is 15.1 Å². The van der Waals surface area contributed by atoms with Gasteiger partial charge in [0, 0.05) is 5.02 Å². The molecule has 0 heterocycles. The molecule has 0 aromatic heterocycles. The highest BCUT2D eigenvalue weighted by Gasteiger charge is 2.22. The van der Waals surface area contributed by atoms with Crippen molar-refractivity contribution < 1.29 is 12.6 Å². The standard InChI is InChI=1S/C13H6Cl3NO3S/c14-9-2-3-10(15)13(6-9)21(18,19)20-12-4-1-8(7-17)5-11(12)16/h1-6H. The largest absolute Gasteiger partial charge is 0.377 e. The van der Waals surface area contributed by atoms with Crippen molar-refractivity contribution >= 4 is 44.9 Å². The molecule has 4 nitrogen and oxygen atoms in total. The minimum atomic E-state index is -4.19. The summed E-state index contributed by atoms with van der Waals surface area (Å²) < 4.78 is 29.3. The minimum absolute atomic E-state index is 0.00391. The van der Waals surface area contributed by atoms with E-state index in [1.54, 1.807) is 0 Å². The monoisotopic (exact) mass is 361 g/mol. The van der Waals surface area contributed by atoms with Gasteiger partial charge in [-0.15, -0.1) is 0 Å². The molecule has 0 saturated heterocycles. The lowest BCUT2D eigenvalue weighted by Crippen LogP contribution is -2.10. The predicted molar refractivity (Wildman–Crippen MR) is 80.4 cm³/mol. The average Bonchev–Trinajstić information content (AvgIpc) is 2.43. The van der Waals surface area contributed by atoms with Crippen molar-refractivity contribution in [2.75, 3.05) is 0 Å². The summed E-state index contributed by atoms with van der Waals surface area (Å²) >= 11 is 17.5. The van der Waals surface area contributed by atoms with E-state index >= 15 is 0 Å². The number of nitriles is 1. The lowest BCUT2D eigenvalue weighted by Gasteiger charge is -2.10. The number of halogens is 3. The van der Waals surface area contributed by atoms with Crippen LogP contribution in [0.5, 0.6) is 5.75 Å². The summed E-state index contributed by atoms with van der Waals surface area (Å²) in [5.74, 6) is -0.105. The van der Waals surface area contributed by atoms with Crippen LogP contribution in [0.15, 0.2) is 41.3 Å². The molecule has 2 aromatic carbocycles. The van der Waals surface area contributed by atoms with E-state index in [2.05, 4.69) is 0 Å². The maximum Gasteiger partial charge on any atom is 0.340 e. The zero-order valence-corrected chi connectivity index (χ0v) is 13.3. The van der Waals surface area contributed by atoms with E-state index in [-0.39, 0.29) is 31.3 Å². The van der Waals surface area contributed by atoms with E-state index < -0.39 is 10.1 Å². The fourth-order valence-corrected chi connectivity index (χ4v) is 3.42. The first-order valence-corrected chi connectivity index (χ1v) is 7.97. The van der Waals surface area contributed by atoms with Crippen molar-refractivity contribution in [3.63, 3.8) is 0 Å². The lowest BCUT2D eigenvalue weighted by molar-refractivity contribution is 0.486. The highest BCUT2D eigenvalue weighted by Crippen LogP contribution is 2.31. The highest BCUT2D eigenvalue weighted by molar-refractivity contribution is 7.87. The molecule has 0 aliphatic heterocycles. The summed E-state index contributed by atoms with van der Waals surface area (Å²) in [6.45, 7) is 0. The summed E-state index contributed by atoms with van der Waals surface area (Å²) in [5, 5.41) is 8.90. The van der Waals surface area contributed by atoms with E-state index in [1.807, 2.05) is 6.07 Å². The highest BCUT2D eigenvalue weighted by atomic mass is 35.5. The topological polar surface area (TPSA) is 67.2 Å². The smallest absolute Gasteiger partial charge is 0.340 e. The van der Waals surface area contributed by atoms with Crippen LogP contribution in [0.3, 0.4) is 0 Å². The number of nitrogens with zero attached hydrogens (tertiary/aromatic N) is 1. The Hall–Kier alpha value is -1.45. The molecule has 8 heteroatoms. The Bertz CT molecular complexity index is 844. The second kappa shape index (κ2) is 6.12. The van der Waals surface area contributed by atoms with E-state index in [0.717, 1.165) is 0 Å². The number of benzene rings is 2. The van der Waals surface area contributed by atoms with Gasteiger partial charge >= 0.3 is 10.1 Å². The molecular weight excluding hydrogens is 357 g/mol. The van der Waals surface area contributed by atoms with Gasteiger partial charge < -0.3 is 4.18 Å². The molecule has 0 N–H and O–H groups in total. The third kappa shape index (κ3) is 3.60. The van der Waals surface area contributed by atoms with Gasteiger partial charge in [-0.2, -0.15) is 13.7 Å². The number of rotatable bonds is 3. The maximum absolute atomic E-state index is 12.2. The normalized spacial score (nSPS) is 11.0. The molecule has 0 amide bonds. The summed E-state index contributed by atoms with van der Waals surface area (Å²) in [4.78, 5) is -0.267. The predicted octanol–water partition coefficient (Wildman–Crippen LogP) is 4.29. The zero-order chi connectivity index (χ0) is 15.6. The van der Waals surface area contributed by atoms with Gasteiger partial charge in [0.1, 0.15) is 4.90 Å². The molecule has 2 aromatic rings. The summed E-state index contributed by atoms with van der Waals surface area (Å²) in [6.07, 6.45) is 0. The quantitative estimate of drug-likeness (QED) is 0.764. The molecular formula is C13H6Cl3NO3S. The van der Waals surface area contributed by atoms with Crippen molar-refractivity contribution in [2.24, 2.45) is 0 Å². The Kier molecular flexibility index (Phi) is 4.64. The number of hydrogen-bond donors (Lipinski definition) is 0. The van der Waals surface area contributed by atoms with Gasteiger partial charge in [0.05, 0.1) is 21.7 Å². The van der Waals surface area contributed by atoms with Crippen LogP contribution in [-0.4, -0.2) is 8.42 Å². The number of hydrogen-bond acceptors (Lipinski definition) is 4. The van der Waals surface area contributed by atoms with Crippen molar-refractivity contribution in [1.82, 2.24) is 0 Å². The molecule has 0 bridgehead atoms. The van der Waals surface area contributed by atoms with Gasteiger partial charge in [0.2, 0.25) is 0 Å². The Labute approximate surface area is 136 Å². The first kappa shape index (κ1) is 15.9. The van der Waals surface area contributed by atoms with Crippen molar-refractivity contribution in [3.05, 3.63) is 57.0 Å². The third-order valence-corrected chi connectivity index (χ3v) is 4.67. The van der Waals surface area contributed by atoms with Crippen LogP contribution < -0.4 is 4.18 Å². The van der Waals surface area contributed by atoms with Crippen molar-refractivity contribution in [2.45, 2.75) is 4.90 Å². The molecule has 0 aliphatic rings. The van der Waals surface area contributed by atoms with E-state index in [9.17, 15) is 8.42 Å². The second-order valence-electron chi connectivity index (χ2n) is 3.87. The van der Waals surface area contributed by atoms with Gasteiger partial charge in [-0.25, -0.2) is 0 Å². The average molecular weight is 363 g/mol. The van der Waals surface area contributed by atoms with Gasteiger partial charge in [-0.1, -0.05) is 34.8 Å². The van der Waals surface area contributed by atoms with E-state index in [0.29, 0.717) is 0 Å². The molecule has 0 radical (unpaired) electrons. The molecule has 0 saturated carbocycles. The maximum atomic E-state index is 12.2. The Morgan fingerprint density at radius 1 is 1.00 bits per heavy atom. The molecule has 108 valence electrons. The molecule has 0 aliphatic carbocycles. The molecule has 21 heavy (non-hydrogen) atoms. The van der Waals surface area contributed by atoms with Crippen LogP contribution in [0, 0.1) is 11.3 Å². The third-order valence-electron chi connectivity index (χ3n) is 2.42. The first-order valence-electron chi connectivity index (χ1n) is 5.42. The second-order valence-corrected chi connectivity index (χ2v) is 6.63. The molecule has 0 unspecified atom stereocenters. The van der Waals surface area contributed by atoms with Gasteiger partial charge in [0.25, 0.3) is 0 Å². The van der Waals surface area contributed by atoms with Crippen LogP contribution >= 0.6 is 34.8 Å².